The highest BCUT2D eigenvalue weighted by Gasteiger charge is 2.49. The molecular weight excluding hydrogens is 400 g/mol. The fourth-order valence-electron chi connectivity index (χ4n) is 4.13. The number of rotatable bonds is 5. The summed E-state index contributed by atoms with van der Waals surface area (Å²) >= 11 is 5.99. The van der Waals surface area contributed by atoms with Gasteiger partial charge in [-0.3, -0.25) is 9.59 Å². The van der Waals surface area contributed by atoms with Crippen molar-refractivity contribution in [2.45, 2.75) is 45.3 Å². The van der Waals surface area contributed by atoms with E-state index in [9.17, 15) is 14.7 Å². The van der Waals surface area contributed by atoms with Crippen molar-refractivity contribution >= 4 is 23.4 Å². The van der Waals surface area contributed by atoms with Crippen molar-refractivity contribution in [3.8, 4) is 0 Å². The molecule has 1 unspecified atom stereocenters. The summed E-state index contributed by atoms with van der Waals surface area (Å²) in [5.41, 5.74) is -0.191. The van der Waals surface area contributed by atoms with Gasteiger partial charge in [-0.1, -0.05) is 55.8 Å². The number of carbonyl (C=O) groups is 2. The van der Waals surface area contributed by atoms with Crippen LogP contribution in [0.3, 0.4) is 0 Å². The Balaban J connectivity index is 1.62. The molecule has 0 aliphatic carbocycles. The number of likely N-dealkylation sites (tertiary alicyclic amines) is 1. The van der Waals surface area contributed by atoms with Crippen molar-refractivity contribution < 1.29 is 14.7 Å². The first-order valence-corrected chi connectivity index (χ1v) is 10.6. The van der Waals surface area contributed by atoms with Gasteiger partial charge >= 0.3 is 0 Å². The summed E-state index contributed by atoms with van der Waals surface area (Å²) in [7, 11) is 0. The number of nitrogens with zero attached hydrogens (tertiary/aromatic N) is 1. The van der Waals surface area contributed by atoms with E-state index in [0.717, 1.165) is 5.56 Å². The smallest absolute Gasteiger partial charge is 0.251 e. The minimum absolute atomic E-state index is 0.0258. The van der Waals surface area contributed by atoms with Crippen LogP contribution < -0.4 is 5.32 Å². The second kappa shape index (κ2) is 8.78. The van der Waals surface area contributed by atoms with Crippen LogP contribution >= 0.6 is 11.6 Å². The summed E-state index contributed by atoms with van der Waals surface area (Å²) < 4.78 is 0. The molecule has 1 fully saturated rings. The number of halogens is 1. The first-order chi connectivity index (χ1) is 14.1. The highest BCUT2D eigenvalue weighted by atomic mass is 35.5. The van der Waals surface area contributed by atoms with Crippen LogP contribution in [0, 0.1) is 5.41 Å². The van der Waals surface area contributed by atoms with Crippen LogP contribution in [0.1, 0.15) is 49.5 Å². The number of carbonyl (C=O) groups excluding carboxylic acids is 2. The Morgan fingerprint density at radius 3 is 2.37 bits per heavy atom. The third-order valence-corrected chi connectivity index (χ3v) is 6.27. The molecule has 1 aliphatic heterocycles. The third kappa shape index (κ3) is 4.68. The molecule has 0 spiro atoms. The van der Waals surface area contributed by atoms with E-state index in [1.54, 1.807) is 29.2 Å². The molecule has 2 N–H and O–H groups in total. The average Bonchev–Trinajstić information content (AvgIpc) is 2.71. The van der Waals surface area contributed by atoms with E-state index in [4.69, 9.17) is 11.6 Å². The van der Waals surface area contributed by atoms with Gasteiger partial charge < -0.3 is 15.3 Å². The molecule has 1 saturated heterocycles. The van der Waals surface area contributed by atoms with Crippen LogP contribution in [-0.4, -0.2) is 41.0 Å². The van der Waals surface area contributed by atoms with Crippen molar-refractivity contribution in [3.63, 3.8) is 0 Å². The maximum Gasteiger partial charge on any atom is 0.251 e. The molecule has 0 aromatic heterocycles. The highest BCUT2D eigenvalue weighted by Crippen LogP contribution is 2.46. The van der Waals surface area contributed by atoms with Gasteiger partial charge in [0.25, 0.3) is 5.91 Å². The van der Waals surface area contributed by atoms with E-state index in [1.165, 1.54) is 0 Å². The summed E-state index contributed by atoms with van der Waals surface area (Å²) in [6.45, 7) is 6.67. The number of hydrogen-bond donors (Lipinski definition) is 2. The zero-order chi connectivity index (χ0) is 21.9. The summed E-state index contributed by atoms with van der Waals surface area (Å²) in [6, 6.07) is 15.9. The van der Waals surface area contributed by atoms with Crippen LogP contribution in [-0.2, 0) is 10.4 Å². The second-order valence-electron chi connectivity index (χ2n) is 8.76. The molecule has 0 bridgehead atoms. The lowest BCUT2D eigenvalue weighted by molar-refractivity contribution is -0.153. The molecule has 5 nitrogen and oxygen atoms in total. The fraction of sp³-hybridized carbons (Fsp3) is 0.417. The zero-order valence-electron chi connectivity index (χ0n) is 17.7. The third-order valence-electron chi connectivity index (χ3n) is 6.02. The molecule has 2 amide bonds. The van der Waals surface area contributed by atoms with E-state index in [-0.39, 0.29) is 24.3 Å². The van der Waals surface area contributed by atoms with Crippen LogP contribution in [0.25, 0.3) is 0 Å². The average molecular weight is 429 g/mol. The summed E-state index contributed by atoms with van der Waals surface area (Å²) in [5, 5.41) is 15.0. The lowest BCUT2D eigenvalue weighted by atomic mass is 9.66. The van der Waals surface area contributed by atoms with Crippen LogP contribution in [0.2, 0.25) is 5.02 Å². The second-order valence-corrected chi connectivity index (χ2v) is 9.20. The molecule has 3 rings (SSSR count). The van der Waals surface area contributed by atoms with Crippen LogP contribution in [0.15, 0.2) is 54.6 Å². The van der Waals surface area contributed by atoms with Gasteiger partial charge in [0.1, 0.15) is 0 Å². The standard InChI is InChI=1S/C24H29ClN2O3/c1-17(26-22(29)18-7-5-4-6-8-18)15-21(28)27-14-13-24(30,23(2,3)16-27)19-9-11-20(25)12-10-19/h4-12,17,30H,13-16H2,1-3H3,(H,26,29)/t17?,24-/m0/s1. The van der Waals surface area contributed by atoms with Gasteiger partial charge in [-0.2, -0.15) is 0 Å². The minimum atomic E-state index is -1.04. The summed E-state index contributed by atoms with van der Waals surface area (Å²) in [6.07, 6.45) is 0.659. The molecule has 160 valence electrons. The molecule has 30 heavy (non-hydrogen) atoms. The minimum Gasteiger partial charge on any atom is -0.384 e. The number of hydrogen-bond acceptors (Lipinski definition) is 3. The largest absolute Gasteiger partial charge is 0.384 e. The first-order valence-electron chi connectivity index (χ1n) is 10.2. The van der Waals surface area contributed by atoms with E-state index in [0.29, 0.717) is 30.1 Å². The topological polar surface area (TPSA) is 69.6 Å². The maximum atomic E-state index is 12.9. The number of aliphatic hydroxyl groups is 1. The van der Waals surface area contributed by atoms with E-state index >= 15 is 0 Å². The van der Waals surface area contributed by atoms with Gasteiger partial charge in [-0.05, 0) is 43.2 Å². The first kappa shape index (κ1) is 22.3. The van der Waals surface area contributed by atoms with Gasteiger partial charge in [0.2, 0.25) is 5.91 Å². The van der Waals surface area contributed by atoms with Gasteiger partial charge in [0, 0.05) is 41.6 Å². The number of amides is 2. The highest BCUT2D eigenvalue weighted by molar-refractivity contribution is 6.30. The number of piperidine rings is 1. The Kier molecular flexibility index (Phi) is 6.53. The fourth-order valence-corrected chi connectivity index (χ4v) is 4.26. The Labute approximate surface area is 183 Å². The molecule has 1 heterocycles. The molecule has 0 radical (unpaired) electrons. The quantitative estimate of drug-likeness (QED) is 0.756. The van der Waals surface area contributed by atoms with Crippen molar-refractivity contribution in [1.82, 2.24) is 10.2 Å². The lowest BCUT2D eigenvalue weighted by Crippen LogP contribution is -2.57. The SMILES string of the molecule is CC(CC(=O)N1CC[C@](O)(c2ccc(Cl)cc2)C(C)(C)C1)NC(=O)c1ccccc1. The maximum absolute atomic E-state index is 12.9. The van der Waals surface area contributed by atoms with E-state index < -0.39 is 11.0 Å². The van der Waals surface area contributed by atoms with Crippen molar-refractivity contribution in [2.24, 2.45) is 5.41 Å². The van der Waals surface area contributed by atoms with Gasteiger partial charge in [0.15, 0.2) is 0 Å². The molecule has 6 heteroatoms. The van der Waals surface area contributed by atoms with Gasteiger partial charge in [-0.15, -0.1) is 0 Å². The molecule has 2 aromatic rings. The van der Waals surface area contributed by atoms with Crippen molar-refractivity contribution in [2.75, 3.05) is 13.1 Å². The number of nitrogens with one attached hydrogen (secondary N) is 1. The summed E-state index contributed by atoms with van der Waals surface area (Å²) in [4.78, 5) is 27.0. The van der Waals surface area contributed by atoms with Gasteiger partial charge in [0.05, 0.1) is 5.60 Å². The monoisotopic (exact) mass is 428 g/mol. The van der Waals surface area contributed by atoms with E-state index in [1.807, 2.05) is 51.1 Å². The Hall–Kier alpha value is -2.37. The van der Waals surface area contributed by atoms with Crippen LogP contribution in [0.4, 0.5) is 0 Å². The molecular formula is C24H29ClN2O3. The summed E-state index contributed by atoms with van der Waals surface area (Å²) in [5.74, 6) is -0.214. The van der Waals surface area contributed by atoms with E-state index in [2.05, 4.69) is 5.32 Å². The predicted octanol–water partition coefficient (Wildman–Crippen LogP) is 3.99. The van der Waals surface area contributed by atoms with Crippen LogP contribution in [0.5, 0.6) is 0 Å². The normalized spacial score (nSPS) is 21.7. The Morgan fingerprint density at radius 1 is 1.13 bits per heavy atom. The van der Waals surface area contributed by atoms with Crippen molar-refractivity contribution in [1.29, 1.82) is 0 Å². The Bertz CT molecular complexity index is 898. The number of benzene rings is 2. The predicted molar refractivity (Wildman–Crippen MR) is 118 cm³/mol. The Morgan fingerprint density at radius 2 is 1.77 bits per heavy atom. The lowest BCUT2D eigenvalue weighted by Gasteiger charge is -2.50. The molecule has 2 aromatic carbocycles. The van der Waals surface area contributed by atoms with Gasteiger partial charge in [-0.25, -0.2) is 0 Å². The molecule has 2 atom stereocenters. The molecule has 0 saturated carbocycles. The molecule has 1 aliphatic rings. The van der Waals surface area contributed by atoms with Crippen molar-refractivity contribution in [3.05, 3.63) is 70.7 Å². The zero-order valence-corrected chi connectivity index (χ0v) is 18.4.